The van der Waals surface area contributed by atoms with Gasteiger partial charge in [0.2, 0.25) is 0 Å². The largest absolute Gasteiger partial charge is 0.445 e. The summed E-state index contributed by atoms with van der Waals surface area (Å²) in [7, 11) is 0. The number of ketones is 2. The molecule has 0 bridgehead atoms. The second kappa shape index (κ2) is 12.2. The van der Waals surface area contributed by atoms with E-state index in [0.29, 0.717) is 6.42 Å². The highest BCUT2D eigenvalue weighted by molar-refractivity contribution is 5.95. The number of nitrogens with zero attached hydrogens (tertiary/aromatic N) is 1. The second-order valence-corrected chi connectivity index (χ2v) is 9.27. The van der Waals surface area contributed by atoms with Crippen molar-refractivity contribution in [1.29, 1.82) is 0 Å². The van der Waals surface area contributed by atoms with E-state index < -0.39 is 17.2 Å². The van der Waals surface area contributed by atoms with Gasteiger partial charge in [0.05, 0.1) is 25.2 Å². The molecule has 1 rings (SSSR count). The molecule has 1 aliphatic heterocycles. The van der Waals surface area contributed by atoms with E-state index in [1.54, 1.807) is 0 Å². The third kappa shape index (κ3) is 7.58. The Labute approximate surface area is 187 Å². The number of carbonyl (C=O) groups is 3. The van der Waals surface area contributed by atoms with Crippen LogP contribution in [0.25, 0.3) is 0 Å². The molecule has 176 valence electrons. The monoisotopic (exact) mass is 435 g/mol. The van der Waals surface area contributed by atoms with Gasteiger partial charge < -0.3 is 9.64 Å². The van der Waals surface area contributed by atoms with Gasteiger partial charge in [-0.05, 0) is 40.0 Å². The second-order valence-electron chi connectivity index (χ2n) is 9.27. The Hall–Kier alpha value is -1.99. The number of allylic oxidation sites excluding steroid dienone is 1. The molecule has 1 atom stereocenters. The number of nitrogens with one attached hydrogen (secondary N) is 2. The Morgan fingerprint density at radius 3 is 2.29 bits per heavy atom. The molecule has 31 heavy (non-hydrogen) atoms. The Bertz CT molecular complexity index is 653. The topological polar surface area (TPSA) is 87.7 Å². The molecular weight excluding hydrogens is 394 g/mol. The molecular formula is C24H41N3O4. The normalized spacial score (nSPS) is 17.1. The molecule has 2 N–H and O–H groups in total. The lowest BCUT2D eigenvalue weighted by molar-refractivity contribution is -0.133. The van der Waals surface area contributed by atoms with Gasteiger partial charge in [0.1, 0.15) is 12.1 Å². The van der Waals surface area contributed by atoms with Crippen LogP contribution in [0.4, 0.5) is 4.79 Å². The number of ether oxygens (including phenoxy) is 1. The lowest BCUT2D eigenvalue weighted by Crippen LogP contribution is -2.76. The van der Waals surface area contributed by atoms with Crippen LogP contribution in [-0.2, 0) is 14.3 Å². The maximum absolute atomic E-state index is 13.2. The zero-order valence-electron chi connectivity index (χ0n) is 20.0. The van der Waals surface area contributed by atoms with Crippen LogP contribution in [0.2, 0.25) is 0 Å². The van der Waals surface area contributed by atoms with Crippen LogP contribution in [-0.4, -0.2) is 65.9 Å². The first-order valence-corrected chi connectivity index (χ1v) is 11.2. The number of amides is 1. The van der Waals surface area contributed by atoms with Gasteiger partial charge in [-0.1, -0.05) is 39.0 Å². The van der Waals surface area contributed by atoms with Crippen molar-refractivity contribution in [2.75, 3.05) is 26.2 Å². The molecule has 0 aromatic carbocycles. The fraction of sp³-hybridized carbons (Fsp3) is 0.708. The quantitative estimate of drug-likeness (QED) is 0.303. The third-order valence-corrected chi connectivity index (χ3v) is 5.65. The first-order chi connectivity index (χ1) is 14.5. The summed E-state index contributed by atoms with van der Waals surface area (Å²) in [6, 6.07) is 0.0675. The zero-order valence-corrected chi connectivity index (χ0v) is 20.0. The molecule has 1 fully saturated rings. The molecule has 0 unspecified atom stereocenters. The number of hydrogen-bond donors (Lipinski definition) is 2. The molecule has 0 aromatic rings. The maximum atomic E-state index is 13.2. The number of carbonyl (C=O) groups excluding carboxylic acids is 3. The first-order valence-electron chi connectivity index (χ1n) is 11.2. The highest BCUT2D eigenvalue weighted by Gasteiger charge is 2.51. The number of rotatable bonds is 15. The van der Waals surface area contributed by atoms with Gasteiger partial charge in [-0.25, -0.2) is 4.79 Å². The number of Topliss-reactive ketones (excluding diaryl/α,β-unsaturated/α-hetero) is 2. The van der Waals surface area contributed by atoms with Crippen LogP contribution in [0.15, 0.2) is 25.3 Å². The van der Waals surface area contributed by atoms with Crippen molar-refractivity contribution in [3.05, 3.63) is 25.3 Å². The van der Waals surface area contributed by atoms with Gasteiger partial charge in [0, 0.05) is 12.0 Å². The van der Waals surface area contributed by atoms with Crippen LogP contribution < -0.4 is 10.6 Å². The van der Waals surface area contributed by atoms with Crippen molar-refractivity contribution in [3.8, 4) is 0 Å². The van der Waals surface area contributed by atoms with Crippen molar-refractivity contribution in [2.24, 2.45) is 5.92 Å². The molecule has 1 amide bonds. The SMILES string of the molecule is C=CCCCC[C@@](C)(NCC(=O)C1(NC(C)C)CN(C(=O)OCC=C)C1)C(=O)C(C)C. The van der Waals surface area contributed by atoms with E-state index in [1.165, 1.54) is 11.0 Å². The maximum Gasteiger partial charge on any atom is 0.410 e. The van der Waals surface area contributed by atoms with Crippen LogP contribution in [0, 0.1) is 5.92 Å². The lowest BCUT2D eigenvalue weighted by atomic mass is 9.82. The standard InChI is InChI=1S/C24H41N3O4/c1-8-10-11-12-13-23(7,21(29)18(3)4)25-15-20(28)24(26-19(5)6)16-27(17-24)22(30)31-14-9-2/h8-9,18-19,25-26H,1-2,10-17H2,3-7H3/t23-/m1/s1. The Kier molecular flexibility index (Phi) is 10.6. The molecule has 0 radical (unpaired) electrons. The Balaban J connectivity index is 2.83. The van der Waals surface area contributed by atoms with Crippen LogP contribution >= 0.6 is 0 Å². The van der Waals surface area contributed by atoms with Crippen LogP contribution in [0.3, 0.4) is 0 Å². The fourth-order valence-electron chi connectivity index (χ4n) is 4.00. The molecule has 1 heterocycles. The van der Waals surface area contributed by atoms with E-state index in [4.69, 9.17) is 4.74 Å². The first kappa shape index (κ1) is 27.0. The van der Waals surface area contributed by atoms with Crippen molar-refractivity contribution in [3.63, 3.8) is 0 Å². The molecule has 0 spiro atoms. The average molecular weight is 436 g/mol. The Morgan fingerprint density at radius 2 is 1.77 bits per heavy atom. The van der Waals surface area contributed by atoms with Gasteiger partial charge >= 0.3 is 6.09 Å². The molecule has 7 nitrogen and oxygen atoms in total. The molecule has 1 saturated heterocycles. The van der Waals surface area contributed by atoms with Gasteiger partial charge in [0.15, 0.2) is 11.6 Å². The number of likely N-dealkylation sites (tertiary alicyclic amines) is 1. The number of unbranched alkanes of at least 4 members (excludes halogenated alkanes) is 2. The average Bonchev–Trinajstić information content (AvgIpc) is 2.69. The molecule has 7 heteroatoms. The fourth-order valence-corrected chi connectivity index (χ4v) is 4.00. The predicted octanol–water partition coefficient (Wildman–Crippen LogP) is 3.25. The summed E-state index contributed by atoms with van der Waals surface area (Å²) in [5.74, 6) is -0.0792. The number of hydrogen-bond acceptors (Lipinski definition) is 6. The lowest BCUT2D eigenvalue weighted by Gasteiger charge is -2.49. The van der Waals surface area contributed by atoms with Gasteiger partial charge in [-0.2, -0.15) is 0 Å². The molecule has 0 aliphatic carbocycles. The van der Waals surface area contributed by atoms with Gasteiger partial charge in [0.25, 0.3) is 0 Å². The van der Waals surface area contributed by atoms with E-state index in [2.05, 4.69) is 23.8 Å². The van der Waals surface area contributed by atoms with Crippen LogP contribution in [0.5, 0.6) is 0 Å². The van der Waals surface area contributed by atoms with E-state index in [0.717, 1.165) is 19.3 Å². The van der Waals surface area contributed by atoms with Crippen molar-refractivity contribution >= 4 is 17.7 Å². The summed E-state index contributed by atoms with van der Waals surface area (Å²) in [5, 5.41) is 6.59. The van der Waals surface area contributed by atoms with E-state index in [-0.39, 0.29) is 49.8 Å². The van der Waals surface area contributed by atoms with E-state index >= 15 is 0 Å². The molecule has 0 saturated carbocycles. The van der Waals surface area contributed by atoms with Crippen LogP contribution in [0.1, 0.15) is 60.3 Å². The minimum Gasteiger partial charge on any atom is -0.445 e. The summed E-state index contributed by atoms with van der Waals surface area (Å²) in [6.07, 6.45) is 6.33. The summed E-state index contributed by atoms with van der Waals surface area (Å²) < 4.78 is 5.07. The minimum atomic E-state index is -0.834. The smallest absolute Gasteiger partial charge is 0.410 e. The highest BCUT2D eigenvalue weighted by atomic mass is 16.6. The minimum absolute atomic E-state index is 0.0529. The third-order valence-electron chi connectivity index (χ3n) is 5.65. The summed E-state index contributed by atoms with van der Waals surface area (Å²) in [4.78, 5) is 39.7. The van der Waals surface area contributed by atoms with E-state index in [9.17, 15) is 14.4 Å². The summed E-state index contributed by atoms with van der Waals surface area (Å²) in [6.45, 7) is 17.6. The highest BCUT2D eigenvalue weighted by Crippen LogP contribution is 2.25. The van der Waals surface area contributed by atoms with Crippen molar-refractivity contribution < 1.29 is 19.1 Å². The van der Waals surface area contributed by atoms with Gasteiger partial charge in [-0.3, -0.25) is 20.2 Å². The predicted molar refractivity (Wildman–Crippen MR) is 124 cm³/mol. The van der Waals surface area contributed by atoms with E-state index in [1.807, 2.05) is 40.7 Å². The van der Waals surface area contributed by atoms with Gasteiger partial charge in [-0.15, -0.1) is 6.58 Å². The molecule has 1 aliphatic rings. The molecule has 0 aromatic heterocycles. The summed E-state index contributed by atoms with van der Waals surface area (Å²) >= 11 is 0. The Morgan fingerprint density at radius 1 is 1.13 bits per heavy atom. The zero-order chi connectivity index (χ0) is 23.7. The summed E-state index contributed by atoms with van der Waals surface area (Å²) in [5.41, 5.74) is -1.60. The van der Waals surface area contributed by atoms with Crippen molar-refractivity contribution in [2.45, 2.75) is 77.4 Å². The van der Waals surface area contributed by atoms with Crippen molar-refractivity contribution in [1.82, 2.24) is 15.5 Å².